The molecule has 6 rings (SSSR count). The molecule has 2 aliphatic heterocycles. The summed E-state index contributed by atoms with van der Waals surface area (Å²) in [4.78, 5) is 41.8. The predicted molar refractivity (Wildman–Crippen MR) is 179 cm³/mol. The number of halogens is 1. The van der Waals surface area contributed by atoms with Gasteiger partial charge in [-0.2, -0.15) is 0 Å². The fraction of sp³-hybridized carbons (Fsp3) is 0.429. The highest BCUT2D eigenvalue weighted by molar-refractivity contribution is 6.35. The Hall–Kier alpha value is -4.15. The van der Waals surface area contributed by atoms with Crippen LogP contribution >= 0.6 is 11.6 Å². The van der Waals surface area contributed by atoms with Crippen molar-refractivity contribution in [1.82, 2.24) is 24.8 Å². The van der Waals surface area contributed by atoms with Gasteiger partial charge in [-0.3, -0.25) is 4.79 Å². The zero-order chi connectivity index (χ0) is 32.4. The summed E-state index contributed by atoms with van der Waals surface area (Å²) in [5, 5.41) is 14.3. The molecule has 242 valence electrons. The quantitative estimate of drug-likeness (QED) is 0.171. The smallest absolute Gasteiger partial charge is 0.407 e. The summed E-state index contributed by atoms with van der Waals surface area (Å²) in [6.45, 7) is 9.86. The normalized spacial score (nSPS) is 19.7. The van der Waals surface area contributed by atoms with E-state index >= 15 is 0 Å². The lowest BCUT2D eigenvalue weighted by Crippen LogP contribution is -2.53. The molecule has 2 atom stereocenters. The Morgan fingerprint density at radius 1 is 1.02 bits per heavy atom. The summed E-state index contributed by atoms with van der Waals surface area (Å²) >= 11 is 6.60. The molecule has 2 aromatic heterocycles. The van der Waals surface area contributed by atoms with Gasteiger partial charge < -0.3 is 29.9 Å². The third-order valence-electron chi connectivity index (χ3n) is 9.28. The summed E-state index contributed by atoms with van der Waals surface area (Å²) in [5.74, 6) is 2.11. The summed E-state index contributed by atoms with van der Waals surface area (Å²) in [6, 6.07) is 14.7. The number of anilines is 1. The number of carbonyl (C=O) groups excluding carboxylic acids is 1. The highest BCUT2D eigenvalue weighted by atomic mass is 35.5. The second-order valence-electron chi connectivity index (χ2n) is 13.5. The van der Waals surface area contributed by atoms with E-state index in [0.29, 0.717) is 57.0 Å². The van der Waals surface area contributed by atoms with E-state index in [0.717, 1.165) is 45.3 Å². The number of fused-ring (bicyclic) bond motifs is 1. The molecule has 1 amide bonds. The van der Waals surface area contributed by atoms with E-state index in [-0.39, 0.29) is 23.3 Å². The Balaban J connectivity index is 1.10. The van der Waals surface area contributed by atoms with Crippen LogP contribution in [-0.4, -0.2) is 80.0 Å². The first kappa shape index (κ1) is 31.8. The molecule has 11 heteroatoms. The minimum Gasteiger partial charge on any atom is -0.465 e. The lowest BCUT2D eigenvalue weighted by molar-refractivity contribution is 0.0304. The number of ether oxygens (including phenoxy) is 1. The number of H-pyrrole nitrogens is 1. The van der Waals surface area contributed by atoms with Crippen LogP contribution in [0.2, 0.25) is 5.02 Å². The van der Waals surface area contributed by atoms with Crippen molar-refractivity contribution in [3.05, 3.63) is 77.2 Å². The zero-order valence-electron chi connectivity index (χ0n) is 26.5. The number of hydrogen-bond donors (Lipinski definition) is 3. The zero-order valence-corrected chi connectivity index (χ0v) is 27.3. The van der Waals surface area contributed by atoms with Crippen LogP contribution in [0.5, 0.6) is 11.5 Å². The largest absolute Gasteiger partial charge is 0.465 e. The molecule has 2 unspecified atom stereocenters. The Labute approximate surface area is 274 Å². The summed E-state index contributed by atoms with van der Waals surface area (Å²) in [6.07, 6.45) is 6.01. The second kappa shape index (κ2) is 13.3. The van der Waals surface area contributed by atoms with Gasteiger partial charge in [0.15, 0.2) is 5.78 Å². The van der Waals surface area contributed by atoms with Gasteiger partial charge in [0.25, 0.3) is 0 Å². The Kier molecular flexibility index (Phi) is 9.20. The third-order valence-corrected chi connectivity index (χ3v) is 9.59. The molecular weight excluding hydrogens is 604 g/mol. The molecule has 2 aliphatic rings. The molecule has 2 aromatic carbocycles. The number of carboxylic acid groups (broad SMARTS) is 1. The fourth-order valence-electron chi connectivity index (χ4n) is 6.84. The van der Waals surface area contributed by atoms with E-state index in [9.17, 15) is 14.7 Å². The van der Waals surface area contributed by atoms with Crippen molar-refractivity contribution >= 4 is 40.3 Å². The van der Waals surface area contributed by atoms with Crippen molar-refractivity contribution in [2.75, 3.05) is 31.5 Å². The van der Waals surface area contributed by atoms with Gasteiger partial charge in [-0.15, -0.1) is 0 Å². The number of nitrogens with one attached hydrogen (secondary N) is 2. The first-order valence-electron chi connectivity index (χ1n) is 15.9. The first-order chi connectivity index (χ1) is 22.1. The monoisotopic (exact) mass is 644 g/mol. The van der Waals surface area contributed by atoms with Crippen LogP contribution in [0.3, 0.4) is 0 Å². The van der Waals surface area contributed by atoms with Crippen LogP contribution < -0.4 is 10.1 Å². The Bertz CT molecular complexity index is 1700. The van der Waals surface area contributed by atoms with E-state index < -0.39 is 6.09 Å². The average molecular weight is 645 g/mol. The molecule has 0 bridgehead atoms. The first-order valence-corrected chi connectivity index (χ1v) is 16.3. The lowest BCUT2D eigenvalue weighted by atomic mass is 9.77. The maximum absolute atomic E-state index is 13.8. The van der Waals surface area contributed by atoms with E-state index in [2.05, 4.69) is 45.9 Å². The molecule has 4 aromatic rings. The number of nitrogens with zero attached hydrogens (tertiary/aromatic N) is 4. The fourth-order valence-corrected chi connectivity index (χ4v) is 7.09. The molecule has 3 N–H and O–H groups in total. The van der Waals surface area contributed by atoms with Crippen LogP contribution in [0.25, 0.3) is 11.0 Å². The van der Waals surface area contributed by atoms with Gasteiger partial charge in [0.05, 0.1) is 16.0 Å². The predicted octanol–water partition coefficient (Wildman–Crippen LogP) is 7.32. The van der Waals surface area contributed by atoms with Crippen molar-refractivity contribution < 1.29 is 19.4 Å². The van der Waals surface area contributed by atoms with Crippen LogP contribution in [0.15, 0.2) is 61.1 Å². The number of hydrogen-bond acceptors (Lipinski definition) is 7. The number of likely N-dealkylation sites (tertiary alicyclic amines) is 2. The van der Waals surface area contributed by atoms with Crippen LogP contribution in [0.1, 0.15) is 62.4 Å². The van der Waals surface area contributed by atoms with Gasteiger partial charge in [-0.05, 0) is 61.3 Å². The van der Waals surface area contributed by atoms with Crippen molar-refractivity contribution in [3.8, 4) is 11.5 Å². The number of benzene rings is 2. The topological polar surface area (TPSA) is 124 Å². The molecule has 10 nitrogen and oxygen atoms in total. The van der Waals surface area contributed by atoms with Crippen molar-refractivity contribution in [2.24, 2.45) is 11.3 Å². The number of ketones is 1. The summed E-state index contributed by atoms with van der Waals surface area (Å²) < 4.78 is 5.88. The maximum Gasteiger partial charge on any atom is 0.407 e. The standard InChI is InChI=1S/C35H41ClN6O4/c1-35(2,3)29-17-22(11-16-42(29)34(44)45)20-41-14-12-23(13-15-41)40-33-30-27(19-37-32(30)38-21-39-33)31(43)26-10-9-25(18-28(26)36)46-24-7-5-4-6-8-24/h4-10,18-19,21-23,29H,11-17,20H2,1-3H3,(H,44,45)(H2,37,38,39,40). The Morgan fingerprint density at radius 3 is 2.48 bits per heavy atom. The number of rotatable bonds is 8. The SMILES string of the molecule is CC(C)(C)C1CC(CN2CCC(Nc3ncnc4[nH]cc(C(=O)c5ccc(Oc6ccccc6)cc5Cl)c34)CC2)CCN1C(=O)O. The van der Waals surface area contributed by atoms with E-state index in [4.69, 9.17) is 16.3 Å². The number of aromatic amines is 1. The average Bonchev–Trinajstić information content (AvgIpc) is 3.47. The minimum absolute atomic E-state index is 0.0248. The number of para-hydroxylation sites is 1. The minimum atomic E-state index is -0.814. The molecule has 0 radical (unpaired) electrons. The van der Waals surface area contributed by atoms with Gasteiger partial charge in [-0.1, -0.05) is 50.6 Å². The highest BCUT2D eigenvalue weighted by Gasteiger charge is 2.39. The van der Waals surface area contributed by atoms with Gasteiger partial charge in [-0.25, -0.2) is 14.8 Å². The van der Waals surface area contributed by atoms with E-state index in [1.807, 2.05) is 30.3 Å². The van der Waals surface area contributed by atoms with E-state index in [1.165, 1.54) is 6.33 Å². The Morgan fingerprint density at radius 2 is 1.78 bits per heavy atom. The van der Waals surface area contributed by atoms with Gasteiger partial charge in [0.1, 0.15) is 29.3 Å². The maximum atomic E-state index is 13.8. The third kappa shape index (κ3) is 6.98. The van der Waals surface area contributed by atoms with Gasteiger partial charge in [0, 0.05) is 56.1 Å². The number of aromatic nitrogens is 3. The molecule has 0 saturated carbocycles. The van der Waals surface area contributed by atoms with Crippen molar-refractivity contribution in [3.63, 3.8) is 0 Å². The molecular formula is C35H41ClN6O4. The molecule has 46 heavy (non-hydrogen) atoms. The highest BCUT2D eigenvalue weighted by Crippen LogP contribution is 2.36. The number of carbonyl (C=O) groups is 2. The second-order valence-corrected chi connectivity index (χ2v) is 13.9. The summed E-state index contributed by atoms with van der Waals surface area (Å²) in [7, 11) is 0. The van der Waals surface area contributed by atoms with Crippen molar-refractivity contribution in [2.45, 2.75) is 58.5 Å². The van der Waals surface area contributed by atoms with Crippen LogP contribution in [0.4, 0.5) is 10.6 Å². The van der Waals surface area contributed by atoms with Crippen molar-refractivity contribution in [1.29, 1.82) is 0 Å². The molecule has 0 aliphatic carbocycles. The van der Waals surface area contributed by atoms with Gasteiger partial charge >= 0.3 is 6.09 Å². The molecule has 4 heterocycles. The number of piperidine rings is 2. The molecule has 2 saturated heterocycles. The molecule has 0 spiro atoms. The van der Waals surface area contributed by atoms with Gasteiger partial charge in [0.2, 0.25) is 0 Å². The molecule has 2 fully saturated rings. The van der Waals surface area contributed by atoms with Crippen LogP contribution in [0, 0.1) is 11.3 Å². The van der Waals surface area contributed by atoms with Crippen LogP contribution in [-0.2, 0) is 0 Å². The lowest BCUT2D eigenvalue weighted by Gasteiger charge is -2.46. The summed E-state index contributed by atoms with van der Waals surface area (Å²) in [5.41, 5.74) is 1.31. The number of amides is 1. The van der Waals surface area contributed by atoms with E-state index in [1.54, 1.807) is 29.3 Å².